The number of aromatic nitrogens is 1. The number of nitrogens with zero attached hydrogens (tertiary/aromatic N) is 2. The Bertz CT molecular complexity index is 862. The molecule has 0 fully saturated rings. The Hall–Kier alpha value is -0.970. The molecule has 5 nitrogen and oxygen atoms in total. The molecule has 1 heterocycles. The van der Waals surface area contributed by atoms with Gasteiger partial charge in [0.25, 0.3) is 5.91 Å². The Kier molecular flexibility index (Phi) is 10.1. The van der Waals surface area contributed by atoms with Crippen LogP contribution in [0.4, 0.5) is 0 Å². The highest BCUT2D eigenvalue weighted by molar-refractivity contribution is 8.24. The maximum absolute atomic E-state index is 12.8. The van der Waals surface area contributed by atoms with Gasteiger partial charge in [-0.05, 0) is 84.3 Å². The molecule has 0 aliphatic heterocycles. The summed E-state index contributed by atoms with van der Waals surface area (Å²) in [6.45, 7) is 7.19. The number of aryl methyl sites for hydroxylation is 1. The summed E-state index contributed by atoms with van der Waals surface area (Å²) in [6.07, 6.45) is 0. The largest absolute Gasteiger partial charge is 0.497 e. The summed E-state index contributed by atoms with van der Waals surface area (Å²) in [7, 11) is 1.60. The zero-order valence-electron chi connectivity index (χ0n) is 15.9. The molecule has 0 bridgehead atoms. The molecular weight excluding hydrogens is 465 g/mol. The van der Waals surface area contributed by atoms with Crippen molar-refractivity contribution >= 4 is 56.4 Å². The lowest BCUT2D eigenvalue weighted by atomic mass is 9.99. The van der Waals surface area contributed by atoms with Gasteiger partial charge >= 0.3 is 5.20 Å². The molecule has 0 atom stereocenters. The molecule has 10 heteroatoms. The Balaban J connectivity index is 0.000000696. The lowest BCUT2D eigenvalue weighted by Gasteiger charge is -2.21. The van der Waals surface area contributed by atoms with Crippen LogP contribution in [0.5, 0.6) is 5.75 Å². The molecule has 0 N–H and O–H groups in total. The van der Waals surface area contributed by atoms with E-state index in [2.05, 4.69) is 38.7 Å². The first-order chi connectivity index (χ1) is 13.0. The Labute approximate surface area is 184 Å². The van der Waals surface area contributed by atoms with Crippen molar-refractivity contribution in [2.75, 3.05) is 20.2 Å². The first-order valence-corrected chi connectivity index (χ1v) is 13.1. The molecule has 0 saturated carbocycles. The second kappa shape index (κ2) is 11.3. The molecule has 2 aromatic rings. The van der Waals surface area contributed by atoms with Crippen molar-refractivity contribution in [3.8, 4) is 17.0 Å². The Morgan fingerprint density at radius 1 is 1.14 bits per heavy atom. The summed E-state index contributed by atoms with van der Waals surface area (Å²) in [6, 6.07) is 9.06. The van der Waals surface area contributed by atoms with E-state index in [4.69, 9.17) is 16.3 Å². The molecule has 154 valence electrons. The third-order valence-corrected chi connectivity index (χ3v) is 4.04. The number of halogens is 4. The molecule has 2 rings (SSSR count). The van der Waals surface area contributed by atoms with Gasteiger partial charge in [0.05, 0.1) is 12.8 Å². The summed E-state index contributed by atoms with van der Waals surface area (Å²) < 4.78 is 14.8. The zero-order chi connectivity index (χ0) is 21.5. The van der Waals surface area contributed by atoms with E-state index < -0.39 is 5.20 Å². The van der Waals surface area contributed by atoms with E-state index in [1.807, 2.05) is 32.9 Å². The highest BCUT2D eigenvalue weighted by atomic mass is 36.0. The van der Waals surface area contributed by atoms with E-state index in [0.29, 0.717) is 35.2 Å². The van der Waals surface area contributed by atoms with Crippen molar-refractivity contribution in [3.05, 3.63) is 46.6 Å². The van der Waals surface area contributed by atoms with Crippen molar-refractivity contribution in [2.45, 2.75) is 20.8 Å². The number of hydrogen-bond acceptors (Lipinski definition) is 4. The van der Waals surface area contributed by atoms with Crippen molar-refractivity contribution in [3.63, 3.8) is 0 Å². The van der Waals surface area contributed by atoms with Crippen LogP contribution in [0.3, 0.4) is 0 Å². The fraction of sp³-hybridized carbons (Fsp3) is 0.333. The minimum atomic E-state index is -3.22. The summed E-state index contributed by atoms with van der Waals surface area (Å²) in [5.74, 6) is 0.658. The van der Waals surface area contributed by atoms with Crippen LogP contribution in [-0.4, -0.2) is 36.0 Å². The van der Waals surface area contributed by atoms with Gasteiger partial charge in [-0.3, -0.25) is 9.36 Å². The topological polar surface area (TPSA) is 59.5 Å². The minimum Gasteiger partial charge on any atom is -0.497 e. The van der Waals surface area contributed by atoms with Crippen LogP contribution in [0.2, 0.25) is 5.15 Å². The van der Waals surface area contributed by atoms with Gasteiger partial charge in [-0.15, -0.1) is 0 Å². The molecule has 0 radical (unpaired) electrons. The summed E-state index contributed by atoms with van der Waals surface area (Å²) in [4.78, 5) is 19.0. The fourth-order valence-corrected chi connectivity index (χ4v) is 2.64. The van der Waals surface area contributed by atoms with Gasteiger partial charge in [0.2, 0.25) is 0 Å². The third-order valence-electron chi connectivity index (χ3n) is 3.83. The van der Waals surface area contributed by atoms with Gasteiger partial charge in [-0.25, -0.2) is 4.98 Å². The van der Waals surface area contributed by atoms with Crippen molar-refractivity contribution < 1.29 is 14.1 Å². The number of ether oxygens (including phenoxy) is 1. The van der Waals surface area contributed by atoms with Crippen LogP contribution in [0.25, 0.3) is 11.3 Å². The van der Waals surface area contributed by atoms with E-state index in [1.165, 1.54) is 0 Å². The first kappa shape index (κ1) is 25.1. The van der Waals surface area contributed by atoms with Crippen LogP contribution < -0.4 is 4.74 Å². The molecule has 0 unspecified atom stereocenters. The maximum atomic E-state index is 12.8. The quantitative estimate of drug-likeness (QED) is 0.337. The number of amides is 1. The number of methoxy groups -OCH3 is 1. The van der Waals surface area contributed by atoms with E-state index in [0.717, 1.165) is 11.1 Å². The zero-order valence-corrected chi connectivity index (χ0v) is 19.8. The number of benzene rings is 1. The lowest BCUT2D eigenvalue weighted by molar-refractivity contribution is 0.0773. The summed E-state index contributed by atoms with van der Waals surface area (Å²) in [5.41, 5.74) is 3.00. The number of rotatable bonds is 5. The minimum absolute atomic E-state index is 0.0196. The molecule has 28 heavy (non-hydrogen) atoms. The van der Waals surface area contributed by atoms with Crippen molar-refractivity contribution in [1.82, 2.24) is 9.88 Å². The van der Waals surface area contributed by atoms with Crippen LogP contribution in [-0.2, 0) is 4.57 Å². The van der Waals surface area contributed by atoms with Crippen LogP contribution in [0, 0.1) is 6.92 Å². The highest BCUT2D eigenvalue weighted by Crippen LogP contribution is 2.61. The van der Waals surface area contributed by atoms with E-state index >= 15 is 0 Å². The average Bonchev–Trinajstić information content (AvgIpc) is 2.62. The first-order valence-electron chi connectivity index (χ1n) is 8.31. The van der Waals surface area contributed by atoms with Crippen LogP contribution >= 0.6 is 50.5 Å². The van der Waals surface area contributed by atoms with Gasteiger partial charge in [0, 0.05) is 24.2 Å². The molecule has 1 amide bonds. The monoisotopic (exact) mass is 484 g/mol. The van der Waals surface area contributed by atoms with E-state index in [9.17, 15) is 9.36 Å². The van der Waals surface area contributed by atoms with Crippen LogP contribution in [0.15, 0.2) is 30.3 Å². The van der Waals surface area contributed by atoms with E-state index in [1.54, 1.807) is 30.2 Å². The molecule has 1 aromatic carbocycles. The van der Waals surface area contributed by atoms with Gasteiger partial charge in [-0.2, -0.15) is 0 Å². The van der Waals surface area contributed by atoms with E-state index in [-0.39, 0.29) is 5.91 Å². The number of pyridine rings is 1. The molecule has 0 spiro atoms. The fourth-order valence-electron chi connectivity index (χ4n) is 2.49. The molecule has 1 aromatic heterocycles. The maximum Gasteiger partial charge on any atom is 0.339 e. The number of carbonyl (C=O) groups excluding carboxylic acids is 1. The molecule has 0 aliphatic carbocycles. The molecule has 0 aliphatic rings. The summed E-state index contributed by atoms with van der Waals surface area (Å²) >= 11 is 19.9. The number of hydrogen-bond donors (Lipinski definition) is 0. The Morgan fingerprint density at radius 3 is 2.21 bits per heavy atom. The number of carbonyl (C=O) groups is 1. The van der Waals surface area contributed by atoms with Gasteiger partial charge < -0.3 is 9.64 Å². The SMILES string of the molecule is CCN(CC)C(=O)c1ccc(OC)cc1-c1nc(Cl)ccc1C.O=P(Cl)(Cl)Cl. The van der Waals surface area contributed by atoms with Gasteiger partial charge in [0.1, 0.15) is 10.9 Å². The predicted octanol–water partition coefficient (Wildman–Crippen LogP) is 7.01. The van der Waals surface area contributed by atoms with Crippen molar-refractivity contribution in [1.29, 1.82) is 0 Å². The smallest absolute Gasteiger partial charge is 0.339 e. The average molecular weight is 486 g/mol. The van der Waals surface area contributed by atoms with Crippen molar-refractivity contribution in [2.24, 2.45) is 0 Å². The summed E-state index contributed by atoms with van der Waals surface area (Å²) in [5, 5.41) is -2.82. The standard InChI is InChI=1S/C18H21ClN2O2.Cl3OP/c1-5-21(6-2)18(22)14-9-8-13(23-4)11-15(14)17-12(3)7-10-16(19)20-17;1-5(2,3)4/h7-11H,5-6H2,1-4H3;. The molecule has 0 saturated heterocycles. The third kappa shape index (κ3) is 7.81. The van der Waals surface area contributed by atoms with Gasteiger partial charge in [-0.1, -0.05) is 17.7 Å². The predicted molar refractivity (Wildman–Crippen MR) is 118 cm³/mol. The second-order valence-electron chi connectivity index (χ2n) is 5.59. The normalized spacial score (nSPS) is 10.7. The highest BCUT2D eigenvalue weighted by Gasteiger charge is 2.20. The second-order valence-corrected chi connectivity index (χ2v) is 12.6. The molecular formula is C18H21Cl4N2O3P. The Morgan fingerprint density at radius 2 is 1.71 bits per heavy atom. The van der Waals surface area contributed by atoms with Gasteiger partial charge in [0.15, 0.2) is 0 Å². The lowest BCUT2D eigenvalue weighted by Crippen LogP contribution is -2.30. The van der Waals surface area contributed by atoms with Crippen LogP contribution in [0.1, 0.15) is 29.8 Å².